The van der Waals surface area contributed by atoms with Crippen molar-refractivity contribution in [3.63, 3.8) is 0 Å². The molecule has 1 amide bonds. The Bertz CT molecular complexity index is 720. The first-order valence-corrected chi connectivity index (χ1v) is 8.00. The number of rotatable bonds is 6. The van der Waals surface area contributed by atoms with Crippen molar-refractivity contribution in [2.45, 2.75) is 40.2 Å². The van der Waals surface area contributed by atoms with Gasteiger partial charge in [0.2, 0.25) is 5.91 Å². The molecule has 0 saturated heterocycles. The molecule has 0 unspecified atom stereocenters. The summed E-state index contributed by atoms with van der Waals surface area (Å²) in [7, 11) is 0. The normalized spacial score (nSPS) is 11.8. The molecule has 1 atom stereocenters. The first kappa shape index (κ1) is 17.7. The predicted molar refractivity (Wildman–Crippen MR) is 92.1 cm³/mol. The SMILES string of the molecule is CCOC(=O)c1ccc(NC(=O)C[C@H](C)n2nc(C)cc2C)cc1. The van der Waals surface area contributed by atoms with Crippen LogP contribution in [0.5, 0.6) is 0 Å². The lowest BCUT2D eigenvalue weighted by atomic mass is 10.2. The third-order valence-electron chi connectivity index (χ3n) is 3.62. The Balaban J connectivity index is 1.94. The Labute approximate surface area is 141 Å². The molecule has 1 N–H and O–H groups in total. The molecule has 0 spiro atoms. The van der Waals surface area contributed by atoms with Gasteiger partial charge in [-0.2, -0.15) is 5.10 Å². The van der Waals surface area contributed by atoms with Gasteiger partial charge in [-0.05, 0) is 58.0 Å². The second kappa shape index (κ2) is 7.77. The molecular formula is C18H23N3O3. The molecule has 1 aromatic carbocycles. The Morgan fingerprint density at radius 3 is 2.46 bits per heavy atom. The van der Waals surface area contributed by atoms with Crippen LogP contribution in [-0.4, -0.2) is 28.3 Å². The zero-order valence-corrected chi connectivity index (χ0v) is 14.5. The van der Waals surface area contributed by atoms with Crippen LogP contribution in [0.3, 0.4) is 0 Å². The van der Waals surface area contributed by atoms with E-state index in [1.807, 2.05) is 31.5 Å². The van der Waals surface area contributed by atoms with Crippen LogP contribution in [0, 0.1) is 13.8 Å². The second-order valence-corrected chi connectivity index (χ2v) is 5.77. The second-order valence-electron chi connectivity index (χ2n) is 5.77. The third-order valence-corrected chi connectivity index (χ3v) is 3.62. The molecule has 128 valence electrons. The maximum atomic E-state index is 12.2. The minimum absolute atomic E-state index is 0.0301. The van der Waals surface area contributed by atoms with Gasteiger partial charge in [0, 0.05) is 17.8 Å². The zero-order chi connectivity index (χ0) is 17.7. The standard InChI is InChI=1S/C18H23N3O3/c1-5-24-18(23)15-6-8-16(9-7-15)19-17(22)11-14(4)21-13(3)10-12(2)20-21/h6-10,14H,5,11H2,1-4H3,(H,19,22)/t14-/m0/s1. The Morgan fingerprint density at radius 1 is 1.25 bits per heavy atom. The van der Waals surface area contributed by atoms with Crippen molar-refractivity contribution in [2.75, 3.05) is 11.9 Å². The van der Waals surface area contributed by atoms with Gasteiger partial charge in [-0.15, -0.1) is 0 Å². The van der Waals surface area contributed by atoms with Crippen LogP contribution in [-0.2, 0) is 9.53 Å². The highest BCUT2D eigenvalue weighted by Gasteiger charge is 2.14. The molecule has 0 fully saturated rings. The maximum Gasteiger partial charge on any atom is 0.338 e. The molecule has 2 aromatic rings. The number of hydrogen-bond acceptors (Lipinski definition) is 4. The topological polar surface area (TPSA) is 73.2 Å². The van der Waals surface area contributed by atoms with E-state index in [1.165, 1.54) is 0 Å². The van der Waals surface area contributed by atoms with Crippen molar-refractivity contribution in [3.05, 3.63) is 47.3 Å². The summed E-state index contributed by atoms with van der Waals surface area (Å²) in [4.78, 5) is 23.8. The summed E-state index contributed by atoms with van der Waals surface area (Å²) in [5, 5.41) is 7.24. The number of esters is 1. The van der Waals surface area contributed by atoms with Gasteiger partial charge < -0.3 is 10.1 Å². The molecule has 6 nitrogen and oxygen atoms in total. The highest BCUT2D eigenvalue weighted by atomic mass is 16.5. The summed E-state index contributed by atoms with van der Waals surface area (Å²) < 4.78 is 6.79. The van der Waals surface area contributed by atoms with Crippen LogP contribution >= 0.6 is 0 Å². The monoisotopic (exact) mass is 329 g/mol. The minimum atomic E-state index is -0.367. The number of nitrogens with one attached hydrogen (secondary N) is 1. The fraction of sp³-hybridized carbons (Fsp3) is 0.389. The van der Waals surface area contributed by atoms with Crippen LogP contribution in [0.15, 0.2) is 30.3 Å². The predicted octanol–water partition coefficient (Wildman–Crippen LogP) is 3.27. The van der Waals surface area contributed by atoms with E-state index in [0.717, 1.165) is 11.4 Å². The van der Waals surface area contributed by atoms with Crippen LogP contribution in [0.2, 0.25) is 0 Å². The molecule has 1 heterocycles. The Hall–Kier alpha value is -2.63. The van der Waals surface area contributed by atoms with Gasteiger partial charge in [-0.3, -0.25) is 9.48 Å². The van der Waals surface area contributed by atoms with E-state index in [2.05, 4.69) is 10.4 Å². The average Bonchev–Trinajstić information content (AvgIpc) is 2.87. The number of anilines is 1. The lowest BCUT2D eigenvalue weighted by Crippen LogP contribution is -2.19. The van der Waals surface area contributed by atoms with Crippen molar-refractivity contribution in [3.8, 4) is 0 Å². The molecule has 0 aliphatic heterocycles. The van der Waals surface area contributed by atoms with Crippen LogP contribution in [0.4, 0.5) is 5.69 Å². The molecule has 24 heavy (non-hydrogen) atoms. The summed E-state index contributed by atoms with van der Waals surface area (Å²) in [5.74, 6) is -0.465. The van der Waals surface area contributed by atoms with Gasteiger partial charge in [-0.1, -0.05) is 0 Å². The summed E-state index contributed by atoms with van der Waals surface area (Å²) in [6.07, 6.45) is 0.321. The lowest BCUT2D eigenvalue weighted by molar-refractivity contribution is -0.116. The highest BCUT2D eigenvalue weighted by Crippen LogP contribution is 2.16. The van der Waals surface area contributed by atoms with E-state index < -0.39 is 0 Å². The smallest absolute Gasteiger partial charge is 0.338 e. The molecule has 1 aromatic heterocycles. The molecule has 6 heteroatoms. The summed E-state index contributed by atoms with van der Waals surface area (Å²) in [5.41, 5.74) is 3.08. The first-order valence-electron chi connectivity index (χ1n) is 8.00. The number of carbonyl (C=O) groups is 2. The molecule has 0 aliphatic rings. The van der Waals surface area contributed by atoms with Crippen molar-refractivity contribution in [2.24, 2.45) is 0 Å². The van der Waals surface area contributed by atoms with Gasteiger partial charge in [0.25, 0.3) is 0 Å². The summed E-state index contributed by atoms with van der Waals surface area (Å²) in [6.45, 7) is 7.96. The van der Waals surface area contributed by atoms with Gasteiger partial charge in [0.15, 0.2) is 0 Å². The Kier molecular flexibility index (Phi) is 5.73. The van der Waals surface area contributed by atoms with Crippen LogP contribution in [0.25, 0.3) is 0 Å². The number of aryl methyl sites for hydroxylation is 2. The van der Waals surface area contributed by atoms with E-state index in [1.54, 1.807) is 31.2 Å². The van der Waals surface area contributed by atoms with Crippen molar-refractivity contribution < 1.29 is 14.3 Å². The molecule has 2 rings (SSSR count). The number of nitrogens with zero attached hydrogens (tertiary/aromatic N) is 2. The van der Waals surface area contributed by atoms with Gasteiger partial charge in [0.1, 0.15) is 0 Å². The largest absolute Gasteiger partial charge is 0.462 e. The number of carbonyl (C=O) groups excluding carboxylic acids is 2. The van der Waals surface area contributed by atoms with Gasteiger partial charge in [-0.25, -0.2) is 4.79 Å². The average molecular weight is 329 g/mol. The van der Waals surface area contributed by atoms with E-state index >= 15 is 0 Å². The van der Waals surface area contributed by atoms with Crippen molar-refractivity contribution in [1.82, 2.24) is 9.78 Å². The third kappa shape index (κ3) is 4.44. The molecule has 0 saturated carbocycles. The maximum absolute atomic E-state index is 12.2. The molecule has 0 radical (unpaired) electrons. The number of amides is 1. The lowest BCUT2D eigenvalue weighted by Gasteiger charge is -2.14. The number of hydrogen-bond donors (Lipinski definition) is 1. The minimum Gasteiger partial charge on any atom is -0.462 e. The number of benzene rings is 1. The first-order chi connectivity index (χ1) is 11.4. The highest BCUT2D eigenvalue weighted by molar-refractivity contribution is 5.93. The van der Waals surface area contributed by atoms with E-state index in [-0.39, 0.29) is 17.9 Å². The van der Waals surface area contributed by atoms with E-state index in [9.17, 15) is 9.59 Å². The summed E-state index contributed by atoms with van der Waals surface area (Å²) >= 11 is 0. The van der Waals surface area contributed by atoms with Gasteiger partial charge >= 0.3 is 5.97 Å². The van der Waals surface area contributed by atoms with Crippen LogP contribution < -0.4 is 5.32 Å². The van der Waals surface area contributed by atoms with E-state index in [0.29, 0.717) is 24.3 Å². The fourth-order valence-electron chi connectivity index (χ4n) is 2.56. The fourth-order valence-corrected chi connectivity index (χ4v) is 2.56. The number of aromatic nitrogens is 2. The van der Waals surface area contributed by atoms with Crippen molar-refractivity contribution in [1.29, 1.82) is 0 Å². The van der Waals surface area contributed by atoms with Gasteiger partial charge in [0.05, 0.1) is 23.9 Å². The number of ether oxygens (including phenoxy) is 1. The Morgan fingerprint density at radius 2 is 1.92 bits per heavy atom. The van der Waals surface area contributed by atoms with Crippen molar-refractivity contribution >= 4 is 17.6 Å². The molecule has 0 bridgehead atoms. The molecule has 0 aliphatic carbocycles. The zero-order valence-electron chi connectivity index (χ0n) is 14.5. The summed E-state index contributed by atoms with van der Waals surface area (Å²) in [6, 6.07) is 8.62. The quantitative estimate of drug-likeness (QED) is 0.826. The molecular weight excluding hydrogens is 306 g/mol. The van der Waals surface area contributed by atoms with Crippen LogP contribution in [0.1, 0.15) is 48.1 Å². The van der Waals surface area contributed by atoms with E-state index in [4.69, 9.17) is 4.74 Å².